The van der Waals surface area contributed by atoms with E-state index in [4.69, 9.17) is 14.0 Å². The lowest BCUT2D eigenvalue weighted by Crippen LogP contribution is -2.39. The average molecular weight is 264 g/mol. The molecule has 4 nitrogen and oxygen atoms in total. The van der Waals surface area contributed by atoms with Gasteiger partial charge in [-0.15, -0.1) is 0 Å². The van der Waals surface area contributed by atoms with Gasteiger partial charge in [-0.2, -0.15) is 0 Å². The van der Waals surface area contributed by atoms with Crippen LogP contribution in [0.2, 0.25) is 39.3 Å². The number of aliphatic carboxylic acids is 1. The minimum atomic E-state index is -1.71. The molecule has 0 rings (SSSR count). The van der Waals surface area contributed by atoms with Gasteiger partial charge in [0.05, 0.1) is 19.1 Å². The van der Waals surface area contributed by atoms with Crippen LogP contribution in [0.5, 0.6) is 0 Å². The first-order chi connectivity index (χ1) is 6.99. The van der Waals surface area contributed by atoms with E-state index in [2.05, 4.69) is 39.3 Å². The van der Waals surface area contributed by atoms with Crippen LogP contribution >= 0.6 is 0 Å². The molecule has 0 aliphatic heterocycles. The largest absolute Gasteiger partial charge is 0.481 e. The zero-order valence-corrected chi connectivity index (χ0v) is 13.2. The highest BCUT2D eigenvalue weighted by Crippen LogP contribution is 2.13. The number of hydrogen-bond donors (Lipinski definition) is 1. The molecular weight excluding hydrogens is 240 g/mol. The molecule has 1 N–H and O–H groups in total. The number of carboxylic acid groups (broad SMARTS) is 1. The van der Waals surface area contributed by atoms with Crippen molar-refractivity contribution in [1.82, 2.24) is 0 Å². The summed E-state index contributed by atoms with van der Waals surface area (Å²) in [6.45, 7) is 12.8. The SMILES string of the molecule is C[Si](C)(C)OCC(CC(=O)O)O[Si](C)(C)C. The lowest BCUT2D eigenvalue weighted by Gasteiger charge is -2.28. The Labute approximate surface area is 100 Å². The number of carbonyl (C=O) groups is 1. The molecule has 0 aromatic heterocycles. The van der Waals surface area contributed by atoms with Gasteiger partial charge < -0.3 is 14.0 Å². The Hall–Kier alpha value is -0.176. The second-order valence-electron chi connectivity index (χ2n) is 5.87. The van der Waals surface area contributed by atoms with E-state index in [1.165, 1.54) is 0 Å². The molecular formula is C10H24O4Si2. The van der Waals surface area contributed by atoms with Crippen molar-refractivity contribution in [3.05, 3.63) is 0 Å². The van der Waals surface area contributed by atoms with Crippen molar-refractivity contribution < 1.29 is 18.8 Å². The van der Waals surface area contributed by atoms with Crippen LogP contribution in [0.25, 0.3) is 0 Å². The fourth-order valence-corrected chi connectivity index (χ4v) is 3.01. The Bertz CT molecular complexity index is 230. The summed E-state index contributed by atoms with van der Waals surface area (Å²) in [6.07, 6.45) is -0.287. The summed E-state index contributed by atoms with van der Waals surface area (Å²) in [5.74, 6) is -0.831. The Kier molecular flexibility index (Phi) is 5.88. The second kappa shape index (κ2) is 5.95. The van der Waals surface area contributed by atoms with Crippen LogP contribution in [0.15, 0.2) is 0 Å². The van der Waals surface area contributed by atoms with Gasteiger partial charge in [0.1, 0.15) is 0 Å². The van der Waals surface area contributed by atoms with Crippen molar-refractivity contribution in [1.29, 1.82) is 0 Å². The molecule has 0 radical (unpaired) electrons. The maximum absolute atomic E-state index is 10.7. The van der Waals surface area contributed by atoms with Gasteiger partial charge in [0.2, 0.25) is 0 Å². The third-order valence-electron chi connectivity index (χ3n) is 1.62. The highest BCUT2D eigenvalue weighted by molar-refractivity contribution is 6.70. The van der Waals surface area contributed by atoms with Crippen LogP contribution < -0.4 is 0 Å². The van der Waals surface area contributed by atoms with Gasteiger partial charge in [-0.25, -0.2) is 0 Å². The minimum absolute atomic E-state index is 0.0226. The van der Waals surface area contributed by atoms with Gasteiger partial charge in [0, 0.05) is 0 Å². The molecule has 6 heteroatoms. The number of carboxylic acids is 1. The van der Waals surface area contributed by atoms with E-state index in [-0.39, 0.29) is 12.5 Å². The van der Waals surface area contributed by atoms with Crippen molar-refractivity contribution in [2.75, 3.05) is 6.61 Å². The van der Waals surface area contributed by atoms with Gasteiger partial charge in [-0.3, -0.25) is 4.79 Å². The summed E-state index contributed by atoms with van der Waals surface area (Å²) in [5.41, 5.74) is 0. The predicted octanol–water partition coefficient (Wildman–Crippen LogP) is 2.53. The van der Waals surface area contributed by atoms with Crippen molar-refractivity contribution in [3.63, 3.8) is 0 Å². The fourth-order valence-electron chi connectivity index (χ4n) is 1.17. The van der Waals surface area contributed by atoms with Gasteiger partial charge in [-0.1, -0.05) is 0 Å². The standard InChI is InChI=1S/C10H24O4Si2/c1-15(2,3)13-8-9(7-10(11)12)14-16(4,5)6/h9H,7-8H2,1-6H3,(H,11,12). The Morgan fingerprint density at radius 3 is 1.94 bits per heavy atom. The molecule has 0 heterocycles. The average Bonchev–Trinajstić information content (AvgIpc) is 1.94. The van der Waals surface area contributed by atoms with E-state index in [0.717, 1.165) is 0 Å². The van der Waals surface area contributed by atoms with Gasteiger partial charge in [0.25, 0.3) is 0 Å². The molecule has 0 aromatic carbocycles. The van der Waals surface area contributed by atoms with E-state index in [1.54, 1.807) is 0 Å². The van der Waals surface area contributed by atoms with Crippen molar-refractivity contribution in [3.8, 4) is 0 Å². The van der Waals surface area contributed by atoms with E-state index >= 15 is 0 Å². The number of rotatable bonds is 7. The molecule has 0 amide bonds. The van der Waals surface area contributed by atoms with Crippen molar-refractivity contribution >= 4 is 22.6 Å². The Morgan fingerprint density at radius 1 is 1.12 bits per heavy atom. The van der Waals surface area contributed by atoms with Crippen molar-refractivity contribution in [2.24, 2.45) is 0 Å². The molecule has 1 atom stereocenters. The molecule has 0 spiro atoms. The van der Waals surface area contributed by atoms with Crippen LogP contribution in [0.4, 0.5) is 0 Å². The summed E-state index contributed by atoms with van der Waals surface area (Å²) in [5, 5.41) is 8.80. The third kappa shape index (κ3) is 10.3. The lowest BCUT2D eigenvalue weighted by molar-refractivity contribution is -0.139. The zero-order valence-electron chi connectivity index (χ0n) is 11.2. The summed E-state index contributed by atoms with van der Waals surface area (Å²) in [6, 6.07) is 0. The molecule has 16 heavy (non-hydrogen) atoms. The monoisotopic (exact) mass is 264 g/mol. The molecule has 1 unspecified atom stereocenters. The highest BCUT2D eigenvalue weighted by Gasteiger charge is 2.25. The second-order valence-corrected chi connectivity index (χ2v) is 14.8. The summed E-state index contributed by atoms with van der Waals surface area (Å²) in [7, 11) is -3.32. The normalized spacial score (nSPS) is 14.9. The predicted molar refractivity (Wildman–Crippen MR) is 69.8 cm³/mol. The van der Waals surface area contributed by atoms with Crippen LogP contribution in [-0.4, -0.2) is 40.4 Å². The lowest BCUT2D eigenvalue weighted by atomic mass is 10.3. The Morgan fingerprint density at radius 2 is 1.62 bits per heavy atom. The van der Waals surface area contributed by atoms with E-state index in [9.17, 15) is 4.79 Å². The van der Waals surface area contributed by atoms with Crippen LogP contribution in [0, 0.1) is 0 Å². The molecule has 0 bridgehead atoms. The summed E-state index contributed by atoms with van der Waals surface area (Å²) < 4.78 is 11.5. The first-order valence-electron chi connectivity index (χ1n) is 5.53. The molecule has 0 aliphatic carbocycles. The van der Waals surface area contributed by atoms with Crippen molar-refractivity contribution in [2.45, 2.75) is 51.8 Å². The Balaban J connectivity index is 4.27. The molecule has 0 saturated heterocycles. The zero-order chi connectivity index (χ0) is 13.0. The maximum atomic E-state index is 10.7. The van der Waals surface area contributed by atoms with E-state index in [1.807, 2.05) is 0 Å². The molecule has 0 aromatic rings. The van der Waals surface area contributed by atoms with E-state index in [0.29, 0.717) is 6.61 Å². The fraction of sp³-hybridized carbons (Fsp3) is 0.900. The maximum Gasteiger partial charge on any atom is 0.306 e. The first kappa shape index (κ1) is 15.8. The molecule has 0 fully saturated rings. The molecule has 0 saturated carbocycles. The molecule has 96 valence electrons. The number of hydrogen-bond acceptors (Lipinski definition) is 3. The topological polar surface area (TPSA) is 55.8 Å². The van der Waals surface area contributed by atoms with Gasteiger partial charge in [-0.05, 0) is 39.3 Å². The third-order valence-corrected chi connectivity index (χ3v) is 3.70. The smallest absolute Gasteiger partial charge is 0.306 e. The minimum Gasteiger partial charge on any atom is -0.481 e. The summed E-state index contributed by atoms with van der Waals surface area (Å²) in [4.78, 5) is 10.7. The van der Waals surface area contributed by atoms with E-state index < -0.39 is 22.6 Å². The van der Waals surface area contributed by atoms with Crippen LogP contribution in [-0.2, 0) is 13.6 Å². The molecule has 0 aliphatic rings. The van der Waals surface area contributed by atoms with Gasteiger partial charge >= 0.3 is 5.97 Å². The van der Waals surface area contributed by atoms with Crippen LogP contribution in [0.3, 0.4) is 0 Å². The quantitative estimate of drug-likeness (QED) is 0.718. The first-order valence-corrected chi connectivity index (χ1v) is 12.3. The van der Waals surface area contributed by atoms with Gasteiger partial charge in [0.15, 0.2) is 16.6 Å². The highest BCUT2D eigenvalue weighted by atomic mass is 28.4. The van der Waals surface area contributed by atoms with Crippen LogP contribution in [0.1, 0.15) is 6.42 Å². The summed E-state index contributed by atoms with van der Waals surface area (Å²) >= 11 is 0.